The molecule has 0 saturated heterocycles. The molecule has 3 rings (SSSR count). The number of ketones is 1. The first kappa shape index (κ1) is 20.9. The Bertz CT molecular complexity index is 856. The molecule has 2 N–H and O–H groups in total. The molecular weight excluding hydrogens is 368 g/mol. The third-order valence-electron chi connectivity index (χ3n) is 5.40. The molecule has 1 aliphatic rings. The summed E-state index contributed by atoms with van der Waals surface area (Å²) in [5.41, 5.74) is 1.67. The lowest BCUT2D eigenvalue weighted by molar-refractivity contribution is -0.123. The maximum absolute atomic E-state index is 12.2. The van der Waals surface area contributed by atoms with Gasteiger partial charge in [-0.05, 0) is 31.9 Å². The number of anilines is 3. The molecule has 1 aliphatic carbocycles. The molecule has 0 spiro atoms. The van der Waals surface area contributed by atoms with Crippen molar-refractivity contribution in [1.82, 2.24) is 9.97 Å². The molecule has 2 atom stereocenters. The Labute approximate surface area is 172 Å². The second-order valence-corrected chi connectivity index (χ2v) is 7.39. The van der Waals surface area contributed by atoms with Crippen LogP contribution in [-0.2, 0) is 4.79 Å². The molecular formula is C22H30N4O3. The van der Waals surface area contributed by atoms with Crippen LogP contribution in [0.5, 0.6) is 11.5 Å². The van der Waals surface area contributed by atoms with Gasteiger partial charge >= 0.3 is 0 Å². The Morgan fingerprint density at radius 1 is 1.21 bits per heavy atom. The number of benzene rings is 1. The first-order valence-corrected chi connectivity index (χ1v) is 10.2. The average Bonchev–Trinajstić information content (AvgIpc) is 3.20. The van der Waals surface area contributed by atoms with Crippen LogP contribution in [0, 0.1) is 18.8 Å². The molecule has 156 valence electrons. The summed E-state index contributed by atoms with van der Waals surface area (Å²) in [5.74, 6) is 3.29. The normalized spacial score (nSPS) is 18.3. The number of carbonyl (C=O) groups is 1. The van der Waals surface area contributed by atoms with Crippen LogP contribution in [0.4, 0.5) is 17.5 Å². The highest BCUT2D eigenvalue weighted by Crippen LogP contribution is 2.36. The van der Waals surface area contributed by atoms with Gasteiger partial charge in [-0.2, -0.15) is 4.98 Å². The Kier molecular flexibility index (Phi) is 6.90. The lowest BCUT2D eigenvalue weighted by Gasteiger charge is -2.20. The smallest absolute Gasteiger partial charge is 0.229 e. The predicted octanol–water partition coefficient (Wildman–Crippen LogP) is 4.35. The van der Waals surface area contributed by atoms with Crippen LogP contribution < -0.4 is 20.1 Å². The van der Waals surface area contributed by atoms with Crippen molar-refractivity contribution in [2.45, 2.75) is 39.5 Å². The van der Waals surface area contributed by atoms with E-state index in [0.717, 1.165) is 36.5 Å². The van der Waals surface area contributed by atoms with Gasteiger partial charge in [0.2, 0.25) is 5.95 Å². The summed E-state index contributed by atoms with van der Waals surface area (Å²) in [6.07, 6.45) is 3.68. The van der Waals surface area contributed by atoms with Gasteiger partial charge < -0.3 is 20.1 Å². The molecule has 1 fully saturated rings. The zero-order chi connectivity index (χ0) is 20.8. The lowest BCUT2D eigenvalue weighted by Crippen LogP contribution is -2.23. The summed E-state index contributed by atoms with van der Waals surface area (Å²) >= 11 is 0. The van der Waals surface area contributed by atoms with Crippen LogP contribution >= 0.6 is 0 Å². The van der Waals surface area contributed by atoms with Gasteiger partial charge in [-0.15, -0.1) is 0 Å². The molecule has 7 heteroatoms. The number of nitrogens with zero attached hydrogens (tertiary/aromatic N) is 2. The quantitative estimate of drug-likeness (QED) is 0.649. The van der Waals surface area contributed by atoms with Gasteiger partial charge in [0.15, 0.2) is 11.5 Å². The van der Waals surface area contributed by atoms with Crippen LogP contribution in [0.2, 0.25) is 0 Å². The van der Waals surface area contributed by atoms with Gasteiger partial charge in [-0.1, -0.05) is 13.3 Å². The number of rotatable bonds is 9. The van der Waals surface area contributed by atoms with Crippen molar-refractivity contribution in [2.24, 2.45) is 11.8 Å². The minimum atomic E-state index is 0.118. The minimum Gasteiger partial charge on any atom is -0.493 e. The number of aromatic nitrogens is 2. The summed E-state index contributed by atoms with van der Waals surface area (Å²) < 4.78 is 11.6. The molecule has 0 aliphatic heterocycles. The predicted molar refractivity (Wildman–Crippen MR) is 114 cm³/mol. The molecule has 0 unspecified atom stereocenters. The van der Waals surface area contributed by atoms with Crippen molar-refractivity contribution in [3.8, 4) is 11.5 Å². The number of nitrogens with one attached hydrogen (secondary N) is 2. The fourth-order valence-corrected chi connectivity index (χ4v) is 3.87. The number of ether oxygens (including phenoxy) is 2. The Balaban J connectivity index is 1.73. The summed E-state index contributed by atoms with van der Waals surface area (Å²) in [7, 11) is 3.45. The fourth-order valence-electron chi connectivity index (χ4n) is 3.87. The zero-order valence-corrected chi connectivity index (χ0v) is 17.6. The van der Waals surface area contributed by atoms with Crippen LogP contribution in [0.3, 0.4) is 0 Å². The first-order valence-electron chi connectivity index (χ1n) is 10.2. The molecule has 2 aromatic rings. The van der Waals surface area contributed by atoms with E-state index in [1.165, 1.54) is 0 Å². The van der Waals surface area contributed by atoms with Crippen LogP contribution in [-0.4, -0.2) is 36.5 Å². The van der Waals surface area contributed by atoms with E-state index in [-0.39, 0.29) is 11.8 Å². The third-order valence-corrected chi connectivity index (χ3v) is 5.40. The van der Waals surface area contributed by atoms with Gasteiger partial charge in [-0.3, -0.25) is 4.79 Å². The zero-order valence-electron chi connectivity index (χ0n) is 17.6. The lowest BCUT2D eigenvalue weighted by atomic mass is 9.91. The van der Waals surface area contributed by atoms with E-state index in [4.69, 9.17) is 9.47 Å². The topological polar surface area (TPSA) is 85.4 Å². The highest BCUT2D eigenvalue weighted by Gasteiger charge is 2.32. The summed E-state index contributed by atoms with van der Waals surface area (Å²) in [5, 5.41) is 6.25. The molecule has 1 heterocycles. The van der Waals surface area contributed by atoms with E-state index in [0.29, 0.717) is 36.3 Å². The number of Topliss-reactive ketones (excluding diaryl/α,β-unsaturated/α-hetero) is 1. The van der Waals surface area contributed by atoms with E-state index in [9.17, 15) is 4.79 Å². The molecule has 1 aromatic carbocycles. The third kappa shape index (κ3) is 5.16. The van der Waals surface area contributed by atoms with Crippen molar-refractivity contribution in [3.05, 3.63) is 30.0 Å². The number of carbonyl (C=O) groups excluding carboxylic acids is 1. The highest BCUT2D eigenvalue weighted by atomic mass is 16.5. The molecule has 1 aromatic heterocycles. The first-order chi connectivity index (χ1) is 14.0. The largest absolute Gasteiger partial charge is 0.493 e. The minimum absolute atomic E-state index is 0.118. The van der Waals surface area contributed by atoms with E-state index in [1.54, 1.807) is 7.11 Å². The van der Waals surface area contributed by atoms with Crippen molar-refractivity contribution in [1.29, 1.82) is 0 Å². The second-order valence-electron chi connectivity index (χ2n) is 7.39. The number of aryl methyl sites for hydroxylation is 1. The molecule has 1 saturated carbocycles. The van der Waals surface area contributed by atoms with Crippen LogP contribution in [0.25, 0.3) is 0 Å². The van der Waals surface area contributed by atoms with E-state index < -0.39 is 0 Å². The van der Waals surface area contributed by atoms with Crippen molar-refractivity contribution in [3.63, 3.8) is 0 Å². The van der Waals surface area contributed by atoms with Crippen molar-refractivity contribution in [2.75, 3.05) is 31.4 Å². The Hall–Kier alpha value is -2.83. The van der Waals surface area contributed by atoms with Gasteiger partial charge in [0.1, 0.15) is 11.6 Å². The van der Waals surface area contributed by atoms with Crippen LogP contribution in [0.1, 0.15) is 38.3 Å². The second kappa shape index (κ2) is 9.58. The number of hydrogen-bond acceptors (Lipinski definition) is 7. The number of methoxy groups -OCH3 is 1. The molecule has 7 nitrogen and oxygen atoms in total. The van der Waals surface area contributed by atoms with Gasteiger partial charge in [-0.25, -0.2) is 4.98 Å². The molecule has 0 amide bonds. The van der Waals surface area contributed by atoms with Gasteiger partial charge in [0.25, 0.3) is 0 Å². The van der Waals surface area contributed by atoms with Gasteiger partial charge in [0.05, 0.1) is 13.7 Å². The highest BCUT2D eigenvalue weighted by molar-refractivity contribution is 5.81. The fraction of sp³-hybridized carbons (Fsp3) is 0.500. The average molecular weight is 399 g/mol. The summed E-state index contributed by atoms with van der Waals surface area (Å²) in [4.78, 5) is 21.0. The SMILES string of the molecule is CCC(=O)[C@H]1CCC[C@@H]1COc1cc(Nc2nc(C)cc(NC)n2)ccc1OC. The maximum Gasteiger partial charge on any atom is 0.229 e. The van der Waals surface area contributed by atoms with E-state index in [2.05, 4.69) is 20.6 Å². The standard InChI is InChI=1S/C22H30N4O3/c1-5-18(27)17-8-6-7-15(17)13-29-20-12-16(9-10-19(20)28-4)25-22-24-14(2)11-21(23-3)26-22/h9-12,15,17H,5-8,13H2,1-4H3,(H2,23,24,25,26)/t15-,17+/m1/s1. The Morgan fingerprint density at radius 3 is 2.76 bits per heavy atom. The number of hydrogen-bond donors (Lipinski definition) is 2. The van der Waals surface area contributed by atoms with E-state index >= 15 is 0 Å². The van der Waals surface area contributed by atoms with Gasteiger partial charge in [0, 0.05) is 48.8 Å². The summed E-state index contributed by atoms with van der Waals surface area (Å²) in [6, 6.07) is 7.52. The molecule has 29 heavy (non-hydrogen) atoms. The summed E-state index contributed by atoms with van der Waals surface area (Å²) in [6.45, 7) is 4.37. The van der Waals surface area contributed by atoms with Crippen molar-refractivity contribution < 1.29 is 14.3 Å². The monoisotopic (exact) mass is 398 g/mol. The maximum atomic E-state index is 12.2. The molecule has 0 radical (unpaired) electrons. The van der Waals surface area contributed by atoms with Crippen molar-refractivity contribution >= 4 is 23.2 Å². The Morgan fingerprint density at radius 2 is 2.03 bits per heavy atom. The van der Waals surface area contributed by atoms with Crippen LogP contribution in [0.15, 0.2) is 24.3 Å². The molecule has 0 bridgehead atoms. The van der Waals surface area contributed by atoms with E-state index in [1.807, 2.05) is 45.2 Å².